The Kier molecular flexibility index (Phi) is 6.14. The second-order valence-electron chi connectivity index (χ2n) is 6.20. The molecule has 0 bridgehead atoms. The minimum atomic E-state index is -1.09. The molecule has 0 spiro atoms. The smallest absolute Gasteiger partial charge is 0.326 e. The van der Waals surface area contributed by atoms with Crippen molar-refractivity contribution in [1.82, 2.24) is 4.90 Å². The van der Waals surface area contributed by atoms with Crippen molar-refractivity contribution in [1.29, 1.82) is 0 Å². The topological polar surface area (TPSA) is 114 Å². The van der Waals surface area contributed by atoms with Crippen LogP contribution in [0.1, 0.15) is 25.5 Å². The van der Waals surface area contributed by atoms with Crippen LogP contribution in [0.3, 0.4) is 0 Å². The van der Waals surface area contributed by atoms with Gasteiger partial charge in [-0.05, 0) is 30.7 Å². The molecule has 1 aliphatic heterocycles. The van der Waals surface area contributed by atoms with Crippen LogP contribution >= 0.6 is 24.0 Å². The van der Waals surface area contributed by atoms with E-state index < -0.39 is 22.8 Å². The molecular weight excluding hydrogens is 416 g/mol. The van der Waals surface area contributed by atoms with Gasteiger partial charge in [0.1, 0.15) is 21.9 Å². The van der Waals surface area contributed by atoms with Crippen LogP contribution in [-0.2, 0) is 9.59 Å². The Balaban J connectivity index is 1.82. The number of carboxylic acid groups (broad SMARTS) is 1. The first kappa shape index (κ1) is 20.7. The molecule has 1 N–H and O–H groups in total. The third-order valence-electron chi connectivity index (χ3n) is 4.25. The van der Waals surface area contributed by atoms with Crippen molar-refractivity contribution in [3.63, 3.8) is 0 Å². The van der Waals surface area contributed by atoms with E-state index in [1.165, 1.54) is 18.2 Å². The summed E-state index contributed by atoms with van der Waals surface area (Å²) < 4.78 is 5.91. The largest absolute Gasteiger partial charge is 0.480 e. The van der Waals surface area contributed by atoms with Gasteiger partial charge in [0.2, 0.25) is 0 Å². The van der Waals surface area contributed by atoms with Gasteiger partial charge in [-0.25, -0.2) is 4.79 Å². The highest BCUT2D eigenvalue weighted by Gasteiger charge is 2.40. The van der Waals surface area contributed by atoms with Gasteiger partial charge >= 0.3 is 5.97 Å². The van der Waals surface area contributed by atoms with Crippen LogP contribution in [0.2, 0.25) is 0 Å². The summed E-state index contributed by atoms with van der Waals surface area (Å²) in [5, 5.41) is 20.2. The van der Waals surface area contributed by atoms with Crippen LogP contribution in [-0.4, -0.2) is 37.2 Å². The molecular formula is C19H16N2O6S2. The van der Waals surface area contributed by atoms with E-state index in [0.29, 0.717) is 29.9 Å². The Bertz CT molecular complexity index is 1010. The molecule has 1 amide bonds. The zero-order valence-corrected chi connectivity index (χ0v) is 16.9. The number of hydrogen-bond acceptors (Lipinski definition) is 7. The first-order chi connectivity index (χ1) is 13.8. The Morgan fingerprint density at radius 3 is 2.62 bits per heavy atom. The molecule has 0 unspecified atom stereocenters. The van der Waals surface area contributed by atoms with E-state index in [2.05, 4.69) is 0 Å². The Morgan fingerprint density at radius 1 is 1.34 bits per heavy atom. The predicted molar refractivity (Wildman–Crippen MR) is 112 cm³/mol. The average Bonchev–Trinajstić information content (AvgIpc) is 3.25. The van der Waals surface area contributed by atoms with Gasteiger partial charge in [0, 0.05) is 23.8 Å². The molecule has 0 saturated carbocycles. The van der Waals surface area contributed by atoms with Crippen molar-refractivity contribution in [3.05, 3.63) is 57.2 Å². The fourth-order valence-corrected chi connectivity index (χ4v) is 4.18. The molecule has 3 rings (SSSR count). The fourth-order valence-electron chi connectivity index (χ4n) is 2.85. The third kappa shape index (κ3) is 4.38. The first-order valence-electron chi connectivity index (χ1n) is 8.66. The molecule has 0 aliphatic carbocycles. The van der Waals surface area contributed by atoms with Crippen molar-refractivity contribution in [3.8, 4) is 11.3 Å². The molecule has 150 valence electrons. The van der Waals surface area contributed by atoms with Crippen LogP contribution in [0.4, 0.5) is 5.69 Å². The predicted octanol–water partition coefficient (Wildman–Crippen LogP) is 4.31. The van der Waals surface area contributed by atoms with E-state index >= 15 is 0 Å². The maximum Gasteiger partial charge on any atom is 0.326 e. The number of carbonyl (C=O) groups is 2. The summed E-state index contributed by atoms with van der Waals surface area (Å²) in [6.45, 7) is 1.84. The normalized spacial score (nSPS) is 16.4. The number of non-ortho nitro benzene ring substituents is 1. The zero-order chi connectivity index (χ0) is 21.1. The molecule has 1 aromatic carbocycles. The molecule has 1 fully saturated rings. The summed E-state index contributed by atoms with van der Waals surface area (Å²) in [6, 6.07) is 8.25. The number of nitrogens with zero attached hydrogens (tertiary/aromatic N) is 2. The van der Waals surface area contributed by atoms with Gasteiger partial charge in [0.05, 0.1) is 9.83 Å². The number of furan rings is 1. The van der Waals surface area contributed by atoms with E-state index in [9.17, 15) is 24.8 Å². The van der Waals surface area contributed by atoms with Gasteiger partial charge < -0.3 is 9.52 Å². The fraction of sp³-hybridized carbons (Fsp3) is 0.211. The highest BCUT2D eigenvalue weighted by molar-refractivity contribution is 8.26. The summed E-state index contributed by atoms with van der Waals surface area (Å²) in [6.07, 6.45) is 2.42. The second-order valence-corrected chi connectivity index (χ2v) is 7.88. The lowest BCUT2D eigenvalue weighted by Gasteiger charge is -2.22. The number of nitro groups is 1. The highest BCUT2D eigenvalue weighted by atomic mass is 32.2. The molecule has 2 aromatic rings. The molecule has 8 nitrogen and oxygen atoms in total. The molecule has 1 saturated heterocycles. The SMILES string of the molecule is CCC[C@@H](C(=O)O)N1C(=O)/C(=C\c2ccc(-c3ccc([N+](=O)[O-])cc3)o2)SC1=S. The van der Waals surface area contributed by atoms with E-state index in [1.807, 2.05) is 6.92 Å². The molecule has 1 aliphatic rings. The molecule has 1 atom stereocenters. The van der Waals surface area contributed by atoms with Crippen molar-refractivity contribution < 1.29 is 24.0 Å². The summed E-state index contributed by atoms with van der Waals surface area (Å²) in [5.41, 5.74) is 0.626. The summed E-state index contributed by atoms with van der Waals surface area (Å²) in [7, 11) is 0. The first-order valence-corrected chi connectivity index (χ1v) is 9.88. The lowest BCUT2D eigenvalue weighted by atomic mass is 10.1. The van der Waals surface area contributed by atoms with Crippen molar-refractivity contribution in [2.24, 2.45) is 0 Å². The molecule has 29 heavy (non-hydrogen) atoms. The van der Waals surface area contributed by atoms with Gasteiger partial charge in [0.15, 0.2) is 0 Å². The van der Waals surface area contributed by atoms with Gasteiger partial charge in [-0.15, -0.1) is 0 Å². The van der Waals surface area contributed by atoms with Gasteiger partial charge in [0.25, 0.3) is 11.6 Å². The minimum absolute atomic E-state index is 0.0238. The maximum atomic E-state index is 12.7. The van der Waals surface area contributed by atoms with Crippen molar-refractivity contribution in [2.45, 2.75) is 25.8 Å². The molecule has 2 heterocycles. The number of nitro benzene ring substituents is 1. The van der Waals surface area contributed by atoms with Crippen molar-refractivity contribution in [2.75, 3.05) is 0 Å². The van der Waals surface area contributed by atoms with Crippen molar-refractivity contribution >= 4 is 51.9 Å². The summed E-state index contributed by atoms with van der Waals surface area (Å²) in [5.74, 6) is -0.686. The van der Waals surface area contributed by atoms with Gasteiger partial charge in [-0.2, -0.15) is 0 Å². The number of amides is 1. The number of benzene rings is 1. The third-order valence-corrected chi connectivity index (χ3v) is 5.58. The number of thiocarbonyl (C=S) groups is 1. The van der Waals surface area contributed by atoms with Crippen LogP contribution < -0.4 is 0 Å². The number of aliphatic carboxylic acids is 1. The van der Waals surface area contributed by atoms with Crippen LogP contribution in [0, 0.1) is 10.1 Å². The summed E-state index contributed by atoms with van der Waals surface area (Å²) >= 11 is 6.24. The van der Waals surface area contributed by atoms with Crippen LogP contribution in [0.15, 0.2) is 45.7 Å². The van der Waals surface area contributed by atoms with Crippen LogP contribution in [0.25, 0.3) is 17.4 Å². The standard InChI is InChI=1S/C19H16N2O6S2/c1-2-3-14(18(23)24)20-17(22)16(29-19(20)28)10-13-8-9-15(27-13)11-4-6-12(7-5-11)21(25)26/h4-10,14H,2-3H2,1H3,(H,23,24)/b16-10+/t14-/m0/s1. The van der Waals surface area contributed by atoms with Gasteiger partial charge in [-0.3, -0.25) is 19.8 Å². The Labute approximate surface area is 175 Å². The quantitative estimate of drug-likeness (QED) is 0.298. The van der Waals surface area contributed by atoms with E-state index in [1.54, 1.807) is 24.3 Å². The number of carbonyl (C=O) groups excluding carboxylic acids is 1. The lowest BCUT2D eigenvalue weighted by Crippen LogP contribution is -2.43. The monoisotopic (exact) mass is 432 g/mol. The zero-order valence-electron chi connectivity index (χ0n) is 15.2. The highest BCUT2D eigenvalue weighted by Crippen LogP contribution is 2.35. The maximum absolute atomic E-state index is 12.7. The molecule has 1 aromatic heterocycles. The second kappa shape index (κ2) is 8.58. The number of rotatable bonds is 7. The molecule has 10 heteroatoms. The van der Waals surface area contributed by atoms with E-state index in [0.717, 1.165) is 16.7 Å². The Morgan fingerprint density at radius 2 is 2.03 bits per heavy atom. The lowest BCUT2D eigenvalue weighted by molar-refractivity contribution is -0.384. The average molecular weight is 432 g/mol. The van der Waals surface area contributed by atoms with Gasteiger partial charge in [-0.1, -0.05) is 37.3 Å². The minimum Gasteiger partial charge on any atom is -0.480 e. The van der Waals surface area contributed by atoms with E-state index in [4.69, 9.17) is 16.6 Å². The van der Waals surface area contributed by atoms with Crippen LogP contribution in [0.5, 0.6) is 0 Å². The Hall–Kier alpha value is -2.98. The number of thioether (sulfide) groups is 1. The molecule has 0 radical (unpaired) electrons. The number of carboxylic acids is 1. The number of hydrogen-bond donors (Lipinski definition) is 1. The van der Waals surface area contributed by atoms with E-state index in [-0.39, 0.29) is 14.9 Å². The summed E-state index contributed by atoms with van der Waals surface area (Å²) in [4.78, 5) is 35.9.